The van der Waals surface area contributed by atoms with Crippen molar-refractivity contribution in [1.29, 1.82) is 0 Å². The summed E-state index contributed by atoms with van der Waals surface area (Å²) in [6.07, 6.45) is 0. The Morgan fingerprint density at radius 3 is 2.26 bits per heavy atom. The summed E-state index contributed by atoms with van der Waals surface area (Å²) in [7, 11) is 0. The second kappa shape index (κ2) is 7.09. The average Bonchev–Trinajstić information content (AvgIpc) is 2.49. The van der Waals surface area contributed by atoms with E-state index in [9.17, 15) is 9.59 Å². The molecule has 0 spiro atoms. The predicted octanol–water partition coefficient (Wildman–Crippen LogP) is 4.30. The Labute approximate surface area is 136 Å². The van der Waals surface area contributed by atoms with Gasteiger partial charge in [-0.2, -0.15) is 0 Å². The average molecular weight is 311 g/mol. The van der Waals surface area contributed by atoms with E-state index in [-0.39, 0.29) is 11.9 Å². The molecule has 0 heterocycles. The number of aryl methyl sites for hydroxylation is 1. The van der Waals surface area contributed by atoms with E-state index in [1.165, 1.54) is 6.92 Å². The van der Waals surface area contributed by atoms with Gasteiger partial charge in [-0.1, -0.05) is 32.0 Å². The van der Waals surface area contributed by atoms with Gasteiger partial charge in [-0.25, -0.2) is 0 Å². The molecule has 120 valence electrons. The molecule has 0 bridgehead atoms. The zero-order valence-electron chi connectivity index (χ0n) is 13.8. The number of rotatable bonds is 4. The molecule has 1 N–H and O–H groups in total. The minimum atomic E-state index is -0.385. The number of ether oxygens (including phenoxy) is 1. The van der Waals surface area contributed by atoms with E-state index in [1.807, 2.05) is 25.1 Å². The molecule has 0 radical (unpaired) electrons. The molecule has 2 rings (SSSR count). The highest BCUT2D eigenvalue weighted by molar-refractivity contribution is 6.05. The lowest BCUT2D eigenvalue weighted by Gasteiger charge is -2.16. The van der Waals surface area contributed by atoms with Gasteiger partial charge in [-0.05, 0) is 48.2 Å². The van der Waals surface area contributed by atoms with E-state index in [2.05, 4.69) is 19.2 Å². The number of hydrogen-bond donors (Lipinski definition) is 1. The molecule has 0 aliphatic carbocycles. The molecule has 2 aromatic carbocycles. The van der Waals surface area contributed by atoms with Gasteiger partial charge in [-0.3, -0.25) is 9.59 Å². The summed E-state index contributed by atoms with van der Waals surface area (Å²) in [5.74, 6) is 0.170. The van der Waals surface area contributed by atoms with Gasteiger partial charge < -0.3 is 10.1 Å². The van der Waals surface area contributed by atoms with Crippen LogP contribution in [0, 0.1) is 6.92 Å². The van der Waals surface area contributed by atoms with Gasteiger partial charge in [0.2, 0.25) is 0 Å². The number of esters is 1. The molecule has 4 heteroatoms. The second-order valence-corrected chi connectivity index (χ2v) is 5.77. The normalized spacial score (nSPS) is 10.5. The molecule has 23 heavy (non-hydrogen) atoms. The number of carbonyl (C=O) groups excluding carboxylic acids is 2. The van der Waals surface area contributed by atoms with E-state index in [0.717, 1.165) is 16.8 Å². The van der Waals surface area contributed by atoms with Crippen LogP contribution in [0.2, 0.25) is 0 Å². The van der Waals surface area contributed by atoms with Gasteiger partial charge in [0.1, 0.15) is 5.75 Å². The Kier molecular flexibility index (Phi) is 5.16. The standard InChI is InChI=1S/C19H21NO3/c1-12(2)17-7-5-6-13(3)18(17)20-19(22)15-8-10-16(11-9-15)23-14(4)21/h5-12H,1-4H3,(H,20,22). The monoisotopic (exact) mass is 311 g/mol. The molecule has 0 aromatic heterocycles. The predicted molar refractivity (Wildman–Crippen MR) is 91.0 cm³/mol. The number of para-hydroxylation sites is 1. The lowest BCUT2D eigenvalue weighted by atomic mass is 9.98. The zero-order valence-corrected chi connectivity index (χ0v) is 13.8. The molecule has 0 aliphatic rings. The quantitative estimate of drug-likeness (QED) is 0.676. The minimum Gasteiger partial charge on any atom is -0.427 e. The van der Waals surface area contributed by atoms with Crippen LogP contribution in [0.3, 0.4) is 0 Å². The van der Waals surface area contributed by atoms with Gasteiger partial charge >= 0.3 is 5.97 Å². The molecule has 1 amide bonds. The van der Waals surface area contributed by atoms with E-state index < -0.39 is 0 Å². The van der Waals surface area contributed by atoms with Crippen LogP contribution >= 0.6 is 0 Å². The SMILES string of the molecule is CC(=O)Oc1ccc(C(=O)Nc2c(C)cccc2C(C)C)cc1. The second-order valence-electron chi connectivity index (χ2n) is 5.77. The number of carbonyl (C=O) groups is 2. The maximum atomic E-state index is 12.5. The number of hydrogen-bond acceptors (Lipinski definition) is 3. The molecule has 2 aromatic rings. The maximum Gasteiger partial charge on any atom is 0.308 e. The molecule has 0 unspecified atom stereocenters. The first-order valence-electron chi connectivity index (χ1n) is 7.58. The van der Waals surface area contributed by atoms with E-state index >= 15 is 0 Å². The number of anilines is 1. The van der Waals surface area contributed by atoms with Crippen LogP contribution in [0.4, 0.5) is 5.69 Å². The summed E-state index contributed by atoms with van der Waals surface area (Å²) in [5, 5.41) is 2.99. The molecule has 0 fully saturated rings. The number of nitrogens with one attached hydrogen (secondary N) is 1. The first-order valence-corrected chi connectivity index (χ1v) is 7.58. The molecule has 0 atom stereocenters. The van der Waals surface area contributed by atoms with Crippen molar-refractivity contribution < 1.29 is 14.3 Å². The largest absolute Gasteiger partial charge is 0.427 e. The van der Waals surface area contributed by atoms with Crippen molar-refractivity contribution in [2.24, 2.45) is 0 Å². The first kappa shape index (κ1) is 16.7. The highest BCUT2D eigenvalue weighted by Gasteiger charge is 2.13. The minimum absolute atomic E-state index is 0.185. The van der Waals surface area contributed by atoms with Crippen molar-refractivity contribution in [2.75, 3.05) is 5.32 Å². The summed E-state index contributed by atoms with van der Waals surface area (Å²) in [6, 6.07) is 12.5. The summed E-state index contributed by atoms with van der Waals surface area (Å²) >= 11 is 0. The van der Waals surface area contributed by atoms with Crippen molar-refractivity contribution in [3.8, 4) is 5.75 Å². The highest BCUT2D eigenvalue weighted by atomic mass is 16.5. The smallest absolute Gasteiger partial charge is 0.308 e. The van der Waals surface area contributed by atoms with Crippen molar-refractivity contribution in [1.82, 2.24) is 0 Å². The van der Waals surface area contributed by atoms with Crippen molar-refractivity contribution >= 4 is 17.6 Å². The fraction of sp³-hybridized carbons (Fsp3) is 0.263. The third-order valence-electron chi connectivity index (χ3n) is 3.54. The van der Waals surface area contributed by atoms with Crippen molar-refractivity contribution in [3.05, 3.63) is 59.2 Å². The summed E-state index contributed by atoms with van der Waals surface area (Å²) in [6.45, 7) is 7.51. The fourth-order valence-electron chi connectivity index (χ4n) is 2.37. The fourth-order valence-corrected chi connectivity index (χ4v) is 2.37. The van der Waals surface area contributed by atoms with Gasteiger partial charge in [0.25, 0.3) is 5.91 Å². The Hall–Kier alpha value is -2.62. The Morgan fingerprint density at radius 1 is 1.04 bits per heavy atom. The lowest BCUT2D eigenvalue weighted by molar-refractivity contribution is -0.131. The number of amides is 1. The van der Waals surface area contributed by atoms with E-state index in [4.69, 9.17) is 4.74 Å². The van der Waals surface area contributed by atoms with Gasteiger partial charge in [0.05, 0.1) is 0 Å². The van der Waals surface area contributed by atoms with Crippen LogP contribution in [0.25, 0.3) is 0 Å². The van der Waals surface area contributed by atoms with Gasteiger partial charge in [-0.15, -0.1) is 0 Å². The first-order chi connectivity index (χ1) is 10.9. The van der Waals surface area contributed by atoms with E-state index in [1.54, 1.807) is 24.3 Å². The third-order valence-corrected chi connectivity index (χ3v) is 3.54. The van der Waals surface area contributed by atoms with Crippen molar-refractivity contribution in [3.63, 3.8) is 0 Å². The maximum absolute atomic E-state index is 12.5. The summed E-state index contributed by atoms with van der Waals surface area (Å²) in [4.78, 5) is 23.4. The van der Waals surface area contributed by atoms with Crippen LogP contribution in [0.5, 0.6) is 5.75 Å². The van der Waals surface area contributed by atoms with E-state index in [0.29, 0.717) is 17.2 Å². The molecule has 0 aliphatic heterocycles. The summed E-state index contributed by atoms with van der Waals surface area (Å²) in [5.41, 5.74) is 3.51. The molecule has 4 nitrogen and oxygen atoms in total. The molecular formula is C19H21NO3. The van der Waals surface area contributed by atoms with Crippen molar-refractivity contribution in [2.45, 2.75) is 33.6 Å². The molecular weight excluding hydrogens is 290 g/mol. The van der Waals surface area contributed by atoms with Crippen LogP contribution in [-0.2, 0) is 4.79 Å². The van der Waals surface area contributed by atoms with Crippen LogP contribution in [0.15, 0.2) is 42.5 Å². The molecule has 0 saturated heterocycles. The Bertz CT molecular complexity index is 718. The Morgan fingerprint density at radius 2 is 1.70 bits per heavy atom. The zero-order chi connectivity index (χ0) is 17.0. The van der Waals surface area contributed by atoms with Gasteiger partial charge in [0, 0.05) is 18.2 Å². The summed E-state index contributed by atoms with van der Waals surface area (Å²) < 4.78 is 4.97. The Balaban J connectivity index is 2.21. The molecule has 0 saturated carbocycles. The highest BCUT2D eigenvalue weighted by Crippen LogP contribution is 2.28. The number of benzene rings is 2. The van der Waals surface area contributed by atoms with Crippen LogP contribution in [-0.4, -0.2) is 11.9 Å². The van der Waals surface area contributed by atoms with Gasteiger partial charge in [0.15, 0.2) is 0 Å². The van der Waals surface area contributed by atoms with Crippen LogP contribution < -0.4 is 10.1 Å². The lowest BCUT2D eigenvalue weighted by Crippen LogP contribution is -2.14. The topological polar surface area (TPSA) is 55.4 Å². The van der Waals surface area contributed by atoms with Crippen LogP contribution in [0.1, 0.15) is 48.2 Å². The third kappa shape index (κ3) is 4.19.